The average Bonchev–Trinajstić information content (AvgIpc) is 2.92. The van der Waals surface area contributed by atoms with Gasteiger partial charge in [0.15, 0.2) is 5.13 Å². The lowest BCUT2D eigenvalue weighted by Gasteiger charge is -1.94. The molecule has 0 spiro atoms. The van der Waals surface area contributed by atoms with Crippen LogP contribution in [0.2, 0.25) is 0 Å². The molecule has 3 aromatic rings. The molecule has 0 saturated heterocycles. The number of aromatic amines is 1. The van der Waals surface area contributed by atoms with Gasteiger partial charge in [0.1, 0.15) is 0 Å². The summed E-state index contributed by atoms with van der Waals surface area (Å²) in [6, 6.07) is 4.79. The van der Waals surface area contributed by atoms with Crippen LogP contribution in [0.25, 0.3) is 11.0 Å². The number of benzene rings is 1. The van der Waals surface area contributed by atoms with Crippen LogP contribution in [0.3, 0.4) is 0 Å². The quantitative estimate of drug-likeness (QED) is 0.689. The number of rotatable bonds is 3. The van der Waals surface area contributed by atoms with Crippen molar-refractivity contribution < 1.29 is 9.90 Å². The number of thiazole rings is 1. The number of aromatic nitrogens is 3. The van der Waals surface area contributed by atoms with Crippen molar-refractivity contribution in [3.8, 4) is 0 Å². The van der Waals surface area contributed by atoms with Gasteiger partial charge in [0.05, 0.1) is 22.3 Å². The van der Waals surface area contributed by atoms with Crippen LogP contribution >= 0.6 is 11.3 Å². The highest BCUT2D eigenvalue weighted by atomic mass is 32.1. The Morgan fingerprint density at radius 1 is 1.35 bits per heavy atom. The van der Waals surface area contributed by atoms with Crippen LogP contribution in [-0.2, 0) is 0 Å². The maximum Gasteiger partial charge on any atom is 0.335 e. The Bertz CT molecular complexity index is 786. The van der Waals surface area contributed by atoms with E-state index in [1.165, 1.54) is 6.07 Å². The largest absolute Gasteiger partial charge is 0.478 e. The second-order valence-corrected chi connectivity index (χ2v) is 5.61. The van der Waals surface area contributed by atoms with E-state index in [4.69, 9.17) is 5.11 Å². The Labute approximate surface area is 118 Å². The highest BCUT2D eigenvalue weighted by Crippen LogP contribution is 2.25. The van der Waals surface area contributed by atoms with Crippen molar-refractivity contribution in [2.75, 3.05) is 5.32 Å². The lowest BCUT2D eigenvalue weighted by atomic mass is 10.2. The molecule has 20 heavy (non-hydrogen) atoms. The number of aryl methyl sites for hydroxylation is 2. The number of nitrogens with zero attached hydrogens (tertiary/aromatic N) is 2. The number of hydrogen-bond donors (Lipinski definition) is 3. The number of fused-ring (bicyclic) bond motifs is 1. The van der Waals surface area contributed by atoms with Crippen molar-refractivity contribution in [1.29, 1.82) is 0 Å². The zero-order valence-corrected chi connectivity index (χ0v) is 11.7. The van der Waals surface area contributed by atoms with E-state index in [1.807, 2.05) is 13.8 Å². The van der Waals surface area contributed by atoms with Crippen molar-refractivity contribution in [2.45, 2.75) is 13.8 Å². The van der Waals surface area contributed by atoms with E-state index in [-0.39, 0.29) is 5.56 Å². The molecule has 0 atom stereocenters. The van der Waals surface area contributed by atoms with E-state index >= 15 is 0 Å². The van der Waals surface area contributed by atoms with Crippen LogP contribution in [0.4, 0.5) is 11.1 Å². The van der Waals surface area contributed by atoms with Gasteiger partial charge in [-0.25, -0.2) is 14.8 Å². The smallest absolute Gasteiger partial charge is 0.335 e. The third-order valence-corrected chi connectivity index (χ3v) is 3.97. The average molecular weight is 288 g/mol. The normalized spacial score (nSPS) is 10.9. The Hall–Kier alpha value is -2.41. The fourth-order valence-electron chi connectivity index (χ4n) is 1.83. The summed E-state index contributed by atoms with van der Waals surface area (Å²) in [7, 11) is 0. The molecule has 2 aromatic heterocycles. The lowest BCUT2D eigenvalue weighted by molar-refractivity contribution is 0.0697. The van der Waals surface area contributed by atoms with Crippen LogP contribution in [0.1, 0.15) is 20.9 Å². The van der Waals surface area contributed by atoms with Crippen molar-refractivity contribution in [1.82, 2.24) is 15.0 Å². The summed E-state index contributed by atoms with van der Waals surface area (Å²) in [5.41, 5.74) is 2.60. The van der Waals surface area contributed by atoms with Crippen LogP contribution in [-0.4, -0.2) is 26.0 Å². The first-order valence-electron chi connectivity index (χ1n) is 5.97. The molecule has 0 fully saturated rings. The molecule has 3 rings (SSSR count). The standard InChI is InChI=1S/C13H12N4O2S/c1-6-7(2)20-13(14-6)17-12-15-9-4-3-8(11(18)19)5-10(9)16-12/h3-5H,1-2H3,(H,18,19)(H2,14,15,16,17). The van der Waals surface area contributed by atoms with Gasteiger partial charge in [-0.2, -0.15) is 0 Å². The maximum atomic E-state index is 10.9. The minimum atomic E-state index is -0.962. The van der Waals surface area contributed by atoms with E-state index in [9.17, 15) is 4.79 Å². The number of carbonyl (C=O) groups is 1. The van der Waals surface area contributed by atoms with E-state index < -0.39 is 5.97 Å². The minimum Gasteiger partial charge on any atom is -0.478 e. The number of carboxylic acids is 1. The predicted molar refractivity (Wildman–Crippen MR) is 77.9 cm³/mol. The van der Waals surface area contributed by atoms with Gasteiger partial charge in [-0.05, 0) is 32.0 Å². The topological polar surface area (TPSA) is 90.9 Å². The molecule has 0 aliphatic rings. The predicted octanol–water partition coefficient (Wildman–Crippen LogP) is 3.08. The SMILES string of the molecule is Cc1nc(Nc2nc3cc(C(=O)O)ccc3[nH]2)sc1C. The Kier molecular flexibility index (Phi) is 2.90. The molecule has 0 aliphatic heterocycles. The summed E-state index contributed by atoms with van der Waals surface area (Å²) in [6.07, 6.45) is 0. The van der Waals surface area contributed by atoms with Gasteiger partial charge in [-0.15, -0.1) is 11.3 Å². The first-order valence-corrected chi connectivity index (χ1v) is 6.78. The molecule has 1 aromatic carbocycles. The minimum absolute atomic E-state index is 0.219. The number of aromatic carboxylic acids is 1. The second-order valence-electron chi connectivity index (χ2n) is 4.41. The van der Waals surface area contributed by atoms with E-state index in [2.05, 4.69) is 20.3 Å². The molecule has 0 unspecified atom stereocenters. The van der Waals surface area contributed by atoms with Gasteiger partial charge in [0, 0.05) is 4.88 Å². The summed E-state index contributed by atoms with van der Waals surface area (Å²) in [5.74, 6) is -0.410. The molecule has 0 amide bonds. The van der Waals surface area contributed by atoms with E-state index in [1.54, 1.807) is 23.5 Å². The third kappa shape index (κ3) is 2.23. The molecular weight excluding hydrogens is 276 g/mol. The van der Waals surface area contributed by atoms with Crippen molar-refractivity contribution in [3.05, 3.63) is 34.3 Å². The lowest BCUT2D eigenvalue weighted by Crippen LogP contribution is -1.94. The first-order chi connectivity index (χ1) is 9.52. The van der Waals surface area contributed by atoms with Gasteiger partial charge in [0.25, 0.3) is 0 Å². The highest BCUT2D eigenvalue weighted by molar-refractivity contribution is 7.15. The monoisotopic (exact) mass is 288 g/mol. The Morgan fingerprint density at radius 3 is 2.80 bits per heavy atom. The molecule has 102 valence electrons. The molecule has 6 nitrogen and oxygen atoms in total. The number of carboxylic acid groups (broad SMARTS) is 1. The molecular formula is C13H12N4O2S. The van der Waals surface area contributed by atoms with Gasteiger partial charge in [-0.1, -0.05) is 0 Å². The number of anilines is 2. The molecule has 0 aliphatic carbocycles. The van der Waals surface area contributed by atoms with Gasteiger partial charge < -0.3 is 15.4 Å². The summed E-state index contributed by atoms with van der Waals surface area (Å²) in [5, 5.41) is 12.8. The summed E-state index contributed by atoms with van der Waals surface area (Å²) >= 11 is 1.55. The summed E-state index contributed by atoms with van der Waals surface area (Å²) in [4.78, 5) is 23.9. The molecule has 0 saturated carbocycles. The van der Waals surface area contributed by atoms with Crippen LogP contribution in [0.5, 0.6) is 0 Å². The molecule has 0 bridgehead atoms. The number of nitrogens with one attached hydrogen (secondary N) is 2. The number of imidazole rings is 1. The summed E-state index contributed by atoms with van der Waals surface area (Å²) in [6.45, 7) is 3.96. The maximum absolute atomic E-state index is 10.9. The number of hydrogen-bond acceptors (Lipinski definition) is 5. The van der Waals surface area contributed by atoms with Crippen LogP contribution in [0.15, 0.2) is 18.2 Å². The van der Waals surface area contributed by atoms with Gasteiger partial charge in [0.2, 0.25) is 5.95 Å². The second kappa shape index (κ2) is 4.61. The summed E-state index contributed by atoms with van der Waals surface area (Å²) < 4.78 is 0. The highest BCUT2D eigenvalue weighted by Gasteiger charge is 2.09. The van der Waals surface area contributed by atoms with Gasteiger partial charge in [-0.3, -0.25) is 0 Å². The van der Waals surface area contributed by atoms with Crippen LogP contribution in [0, 0.1) is 13.8 Å². The first kappa shape index (κ1) is 12.6. The fourth-order valence-corrected chi connectivity index (χ4v) is 2.64. The van der Waals surface area contributed by atoms with E-state index in [0.29, 0.717) is 11.5 Å². The molecule has 7 heteroatoms. The Balaban J connectivity index is 1.94. The molecule has 2 heterocycles. The number of H-pyrrole nitrogens is 1. The fraction of sp³-hybridized carbons (Fsp3) is 0.154. The Morgan fingerprint density at radius 2 is 2.15 bits per heavy atom. The zero-order valence-electron chi connectivity index (χ0n) is 10.9. The van der Waals surface area contributed by atoms with Crippen molar-refractivity contribution >= 4 is 39.4 Å². The van der Waals surface area contributed by atoms with Crippen LogP contribution < -0.4 is 5.32 Å². The van der Waals surface area contributed by atoms with Crippen molar-refractivity contribution in [3.63, 3.8) is 0 Å². The third-order valence-electron chi connectivity index (χ3n) is 2.98. The van der Waals surface area contributed by atoms with E-state index in [0.717, 1.165) is 21.2 Å². The van der Waals surface area contributed by atoms with Gasteiger partial charge >= 0.3 is 5.97 Å². The molecule has 0 radical (unpaired) electrons. The molecule has 3 N–H and O–H groups in total. The zero-order chi connectivity index (χ0) is 14.3. The van der Waals surface area contributed by atoms with Crippen molar-refractivity contribution in [2.24, 2.45) is 0 Å².